The van der Waals surface area contributed by atoms with Gasteiger partial charge in [0.15, 0.2) is 0 Å². The van der Waals surface area contributed by atoms with Crippen LogP contribution in [0.1, 0.15) is 16.8 Å². The summed E-state index contributed by atoms with van der Waals surface area (Å²) < 4.78 is 10.2. The van der Waals surface area contributed by atoms with Crippen LogP contribution in [0, 0.1) is 0 Å². The van der Waals surface area contributed by atoms with Crippen molar-refractivity contribution in [2.24, 2.45) is 5.84 Å². The molecule has 0 fully saturated rings. The van der Waals surface area contributed by atoms with Crippen LogP contribution in [0.2, 0.25) is 5.02 Å². The Hall–Kier alpha value is -1.34. The molecule has 0 aromatic heterocycles. The Bertz CT molecular complexity index is 429. The van der Waals surface area contributed by atoms with E-state index in [-0.39, 0.29) is 5.91 Å². The van der Waals surface area contributed by atoms with Gasteiger partial charge in [0, 0.05) is 25.3 Å². The zero-order valence-corrected chi connectivity index (χ0v) is 12.2. The second kappa shape index (κ2) is 9.55. The number of halogens is 1. The van der Waals surface area contributed by atoms with Crippen molar-refractivity contribution in [1.29, 1.82) is 0 Å². The average Bonchev–Trinajstić information content (AvgIpc) is 2.46. The monoisotopic (exact) mass is 301 g/mol. The van der Waals surface area contributed by atoms with Gasteiger partial charge in [0.25, 0.3) is 5.91 Å². The number of hydrogen-bond acceptors (Lipinski definition) is 5. The summed E-state index contributed by atoms with van der Waals surface area (Å²) in [4.78, 5) is 12.0. The van der Waals surface area contributed by atoms with Crippen LogP contribution in [0.5, 0.6) is 0 Å². The van der Waals surface area contributed by atoms with Gasteiger partial charge in [-0.3, -0.25) is 10.6 Å². The first-order valence-corrected chi connectivity index (χ1v) is 6.68. The van der Waals surface area contributed by atoms with Gasteiger partial charge in [-0.1, -0.05) is 11.6 Å². The standard InChI is InChI=1S/C13H20ClN3O3/c1-19-7-8-20-6-2-5-16-13(18)11-9-10(14)3-4-12(11)17-15/h3-4,9,17H,2,5-8,15H2,1H3,(H,16,18). The predicted octanol–water partition coefficient (Wildman–Crippen LogP) is 1.41. The maximum absolute atomic E-state index is 12.0. The van der Waals surface area contributed by atoms with Crippen molar-refractivity contribution in [1.82, 2.24) is 5.32 Å². The molecule has 1 rings (SSSR count). The first-order valence-electron chi connectivity index (χ1n) is 6.30. The molecule has 0 atom stereocenters. The molecule has 0 aliphatic rings. The maximum Gasteiger partial charge on any atom is 0.253 e. The number of ether oxygens (including phenoxy) is 2. The summed E-state index contributed by atoms with van der Waals surface area (Å²) in [6.45, 7) is 2.21. The van der Waals surface area contributed by atoms with Gasteiger partial charge >= 0.3 is 0 Å². The number of hydrogen-bond donors (Lipinski definition) is 3. The van der Waals surface area contributed by atoms with E-state index in [9.17, 15) is 4.79 Å². The van der Waals surface area contributed by atoms with Crippen molar-refractivity contribution in [3.8, 4) is 0 Å². The van der Waals surface area contributed by atoms with Crippen molar-refractivity contribution < 1.29 is 14.3 Å². The molecule has 0 heterocycles. The van der Waals surface area contributed by atoms with E-state index in [1.54, 1.807) is 25.3 Å². The van der Waals surface area contributed by atoms with Gasteiger partial charge in [0.2, 0.25) is 0 Å². The predicted molar refractivity (Wildman–Crippen MR) is 78.9 cm³/mol. The third kappa shape index (κ3) is 5.75. The molecule has 0 aliphatic heterocycles. The minimum Gasteiger partial charge on any atom is -0.382 e. The topological polar surface area (TPSA) is 85.6 Å². The van der Waals surface area contributed by atoms with E-state index in [2.05, 4.69) is 10.7 Å². The van der Waals surface area contributed by atoms with E-state index in [1.165, 1.54) is 0 Å². The van der Waals surface area contributed by atoms with Crippen molar-refractivity contribution >= 4 is 23.2 Å². The van der Waals surface area contributed by atoms with Crippen LogP contribution >= 0.6 is 11.6 Å². The van der Waals surface area contributed by atoms with Crippen molar-refractivity contribution in [3.63, 3.8) is 0 Å². The van der Waals surface area contributed by atoms with Crippen LogP contribution in [0.3, 0.4) is 0 Å². The highest BCUT2D eigenvalue weighted by Gasteiger charge is 2.10. The number of carbonyl (C=O) groups excluding carboxylic acids is 1. The number of anilines is 1. The Kier molecular flexibility index (Phi) is 7.98. The van der Waals surface area contributed by atoms with Crippen LogP contribution in [0.15, 0.2) is 18.2 Å². The van der Waals surface area contributed by atoms with Crippen molar-refractivity contribution in [2.75, 3.05) is 38.9 Å². The van der Waals surface area contributed by atoms with E-state index in [0.29, 0.717) is 42.6 Å². The molecule has 0 unspecified atom stereocenters. The zero-order chi connectivity index (χ0) is 14.8. The fourth-order valence-electron chi connectivity index (χ4n) is 1.55. The summed E-state index contributed by atoms with van der Waals surface area (Å²) in [5.74, 6) is 5.13. The number of amides is 1. The molecule has 7 heteroatoms. The first kappa shape index (κ1) is 16.7. The third-order valence-corrected chi connectivity index (χ3v) is 2.80. The molecule has 6 nitrogen and oxygen atoms in total. The molecule has 0 radical (unpaired) electrons. The highest BCUT2D eigenvalue weighted by molar-refractivity contribution is 6.31. The molecule has 1 aromatic rings. The largest absolute Gasteiger partial charge is 0.382 e. The Morgan fingerprint density at radius 3 is 2.85 bits per heavy atom. The van der Waals surface area contributed by atoms with E-state index in [4.69, 9.17) is 26.9 Å². The number of carbonyl (C=O) groups is 1. The number of nitrogen functional groups attached to an aromatic ring is 1. The van der Waals surface area contributed by atoms with Gasteiger partial charge in [-0.25, -0.2) is 0 Å². The van der Waals surface area contributed by atoms with E-state index < -0.39 is 0 Å². The zero-order valence-electron chi connectivity index (χ0n) is 11.4. The van der Waals surface area contributed by atoms with E-state index in [1.807, 2.05) is 0 Å². The quantitative estimate of drug-likeness (QED) is 0.365. The molecule has 1 aromatic carbocycles. The van der Waals surface area contributed by atoms with Crippen LogP contribution in [0.25, 0.3) is 0 Å². The van der Waals surface area contributed by atoms with Crippen LogP contribution in [-0.2, 0) is 9.47 Å². The molecule has 112 valence electrons. The Balaban J connectivity index is 2.34. The molecule has 4 N–H and O–H groups in total. The fourth-order valence-corrected chi connectivity index (χ4v) is 1.72. The molecule has 0 saturated heterocycles. The minimum atomic E-state index is -0.225. The lowest BCUT2D eigenvalue weighted by Gasteiger charge is -2.10. The molecular weight excluding hydrogens is 282 g/mol. The first-order chi connectivity index (χ1) is 9.69. The lowest BCUT2D eigenvalue weighted by Crippen LogP contribution is -2.27. The van der Waals surface area contributed by atoms with Crippen molar-refractivity contribution in [3.05, 3.63) is 28.8 Å². The summed E-state index contributed by atoms with van der Waals surface area (Å²) >= 11 is 5.87. The summed E-state index contributed by atoms with van der Waals surface area (Å²) in [5.41, 5.74) is 3.42. The fraction of sp³-hybridized carbons (Fsp3) is 0.462. The average molecular weight is 302 g/mol. The van der Waals surface area contributed by atoms with Crippen molar-refractivity contribution in [2.45, 2.75) is 6.42 Å². The summed E-state index contributed by atoms with van der Waals surface area (Å²) in [7, 11) is 1.62. The number of methoxy groups -OCH3 is 1. The van der Waals surface area contributed by atoms with Gasteiger partial charge in [-0.05, 0) is 24.6 Å². The molecule has 1 amide bonds. The highest BCUT2D eigenvalue weighted by atomic mass is 35.5. The number of benzene rings is 1. The number of nitrogens with one attached hydrogen (secondary N) is 2. The molecule has 0 aliphatic carbocycles. The number of rotatable bonds is 9. The molecule has 0 bridgehead atoms. The van der Waals surface area contributed by atoms with Crippen LogP contribution in [0.4, 0.5) is 5.69 Å². The SMILES string of the molecule is COCCOCCCNC(=O)c1cc(Cl)ccc1NN. The second-order valence-electron chi connectivity index (χ2n) is 4.05. The summed E-state index contributed by atoms with van der Waals surface area (Å²) in [6, 6.07) is 4.89. The van der Waals surface area contributed by atoms with Gasteiger partial charge in [-0.2, -0.15) is 0 Å². The molecule has 20 heavy (non-hydrogen) atoms. The summed E-state index contributed by atoms with van der Waals surface area (Å²) in [6.07, 6.45) is 0.724. The highest BCUT2D eigenvalue weighted by Crippen LogP contribution is 2.19. The number of nitrogens with two attached hydrogens (primary N) is 1. The third-order valence-electron chi connectivity index (χ3n) is 2.56. The maximum atomic E-state index is 12.0. The lowest BCUT2D eigenvalue weighted by molar-refractivity contribution is 0.0688. The summed E-state index contributed by atoms with van der Waals surface area (Å²) in [5, 5.41) is 3.27. The lowest BCUT2D eigenvalue weighted by atomic mass is 10.1. The Morgan fingerprint density at radius 2 is 2.15 bits per heavy atom. The Morgan fingerprint density at radius 1 is 1.35 bits per heavy atom. The van der Waals surface area contributed by atoms with Gasteiger partial charge in [0.05, 0.1) is 24.5 Å². The smallest absolute Gasteiger partial charge is 0.253 e. The molecular formula is C13H20ClN3O3. The van der Waals surface area contributed by atoms with E-state index >= 15 is 0 Å². The number of hydrazine groups is 1. The minimum absolute atomic E-state index is 0.225. The van der Waals surface area contributed by atoms with Gasteiger partial charge < -0.3 is 20.2 Å². The molecule has 0 spiro atoms. The van der Waals surface area contributed by atoms with Crippen LogP contribution in [-0.4, -0.2) is 39.4 Å². The van der Waals surface area contributed by atoms with Gasteiger partial charge in [-0.15, -0.1) is 0 Å². The Labute approximate surface area is 123 Å². The normalized spacial score (nSPS) is 10.3. The van der Waals surface area contributed by atoms with Gasteiger partial charge in [0.1, 0.15) is 0 Å². The second-order valence-corrected chi connectivity index (χ2v) is 4.49. The molecule has 0 saturated carbocycles. The van der Waals surface area contributed by atoms with Crippen LogP contribution < -0.4 is 16.6 Å². The van der Waals surface area contributed by atoms with E-state index in [0.717, 1.165) is 6.42 Å².